The fraction of sp³-hybridized carbons (Fsp3) is 0.286. The summed E-state index contributed by atoms with van der Waals surface area (Å²) in [5.74, 6) is -0.984. The number of rotatable bonds is 6. The number of fused-ring (bicyclic) bond motifs is 1. The number of nitrogens with two attached hydrogens (primary N) is 1. The Bertz CT molecular complexity index is 1360. The lowest BCUT2D eigenvalue weighted by Crippen LogP contribution is -2.45. The summed E-state index contributed by atoms with van der Waals surface area (Å²) in [6, 6.07) is 15.6. The van der Waals surface area contributed by atoms with Gasteiger partial charge < -0.3 is 25.8 Å². The third-order valence-electron chi connectivity index (χ3n) is 6.13. The fourth-order valence-corrected chi connectivity index (χ4v) is 4.80. The number of nitrogens with one attached hydrogen (secondary N) is 2. The van der Waals surface area contributed by atoms with E-state index in [1.54, 1.807) is 40.0 Å². The number of carbonyl (C=O) groups is 2. The maximum absolute atomic E-state index is 15.7. The van der Waals surface area contributed by atoms with Gasteiger partial charge in [0.25, 0.3) is 0 Å². The lowest BCUT2D eigenvalue weighted by Gasteiger charge is -2.30. The summed E-state index contributed by atoms with van der Waals surface area (Å²) in [7, 11) is 1.58. The van der Waals surface area contributed by atoms with Crippen molar-refractivity contribution in [1.82, 2.24) is 5.32 Å². The second-order valence-electron chi connectivity index (χ2n) is 9.86. The van der Waals surface area contributed by atoms with Crippen LogP contribution in [0.2, 0.25) is 5.02 Å². The molecule has 1 aliphatic heterocycles. The first-order chi connectivity index (χ1) is 17.5. The summed E-state index contributed by atoms with van der Waals surface area (Å²) < 4.78 is 27.6. The first kappa shape index (κ1) is 26.3. The predicted molar refractivity (Wildman–Crippen MR) is 142 cm³/mol. The van der Waals surface area contributed by atoms with Crippen LogP contribution in [0.25, 0.3) is 11.1 Å². The molecular weight excluding hydrogens is 497 g/mol. The standard InChI is InChI=1S/C28H29ClFN3O4/c1-27(2,3)37-26(35)33-15-28(16-8-6-5-7-9-16)14-18-21(36-28)13-11-19(29)22(18)23-17(25(31)34)10-12-20(32-4)24(23)30/h5-13,32H,14-15H2,1-4H3,(H2,31,34)(H,33,35)/t28-/m1/s1. The van der Waals surface area contributed by atoms with Crippen LogP contribution in [0.4, 0.5) is 14.9 Å². The molecule has 0 aromatic heterocycles. The van der Waals surface area contributed by atoms with E-state index >= 15 is 4.39 Å². The Kier molecular flexibility index (Phi) is 7.06. The molecule has 7 nitrogen and oxygen atoms in total. The normalized spacial score (nSPS) is 16.5. The molecule has 1 atom stereocenters. The zero-order chi connectivity index (χ0) is 27.0. The van der Waals surface area contributed by atoms with Crippen LogP contribution >= 0.6 is 11.6 Å². The number of hydrogen-bond donors (Lipinski definition) is 3. The Morgan fingerprint density at radius 3 is 2.43 bits per heavy atom. The summed E-state index contributed by atoms with van der Waals surface area (Å²) in [4.78, 5) is 24.8. The lowest BCUT2D eigenvalue weighted by molar-refractivity contribution is 0.0415. The number of alkyl carbamates (subject to hydrolysis) is 1. The Morgan fingerprint density at radius 1 is 1.11 bits per heavy atom. The van der Waals surface area contributed by atoms with Gasteiger partial charge in [-0.15, -0.1) is 0 Å². The van der Waals surface area contributed by atoms with Gasteiger partial charge in [-0.3, -0.25) is 4.79 Å². The number of amides is 2. The third kappa shape index (κ3) is 5.20. The van der Waals surface area contributed by atoms with Crippen molar-refractivity contribution in [2.24, 2.45) is 5.73 Å². The van der Waals surface area contributed by atoms with Crippen molar-refractivity contribution in [1.29, 1.82) is 0 Å². The van der Waals surface area contributed by atoms with Crippen LogP contribution in [0.5, 0.6) is 5.75 Å². The summed E-state index contributed by atoms with van der Waals surface area (Å²) in [5.41, 5.74) is 5.79. The van der Waals surface area contributed by atoms with Crippen LogP contribution in [0.1, 0.15) is 42.3 Å². The highest BCUT2D eigenvalue weighted by Gasteiger charge is 2.44. The topological polar surface area (TPSA) is 103 Å². The summed E-state index contributed by atoms with van der Waals surface area (Å²) in [5, 5.41) is 5.84. The Morgan fingerprint density at radius 2 is 1.81 bits per heavy atom. The van der Waals surface area contributed by atoms with Crippen LogP contribution in [0.15, 0.2) is 54.6 Å². The Labute approximate surface area is 220 Å². The van der Waals surface area contributed by atoms with Gasteiger partial charge in [0.1, 0.15) is 11.4 Å². The molecule has 0 saturated carbocycles. The van der Waals surface area contributed by atoms with Crippen molar-refractivity contribution in [3.8, 4) is 16.9 Å². The maximum atomic E-state index is 15.7. The van der Waals surface area contributed by atoms with E-state index in [9.17, 15) is 9.59 Å². The van der Waals surface area contributed by atoms with E-state index in [4.69, 9.17) is 26.8 Å². The fourth-order valence-electron chi connectivity index (χ4n) is 4.53. The van der Waals surface area contributed by atoms with Crippen LogP contribution in [0.3, 0.4) is 0 Å². The summed E-state index contributed by atoms with van der Waals surface area (Å²) >= 11 is 6.64. The van der Waals surface area contributed by atoms with Crippen molar-refractivity contribution in [3.05, 3.63) is 82.1 Å². The monoisotopic (exact) mass is 525 g/mol. The number of ether oxygens (including phenoxy) is 2. The first-order valence-corrected chi connectivity index (χ1v) is 12.2. The Balaban J connectivity index is 1.84. The maximum Gasteiger partial charge on any atom is 0.407 e. The molecule has 0 radical (unpaired) electrons. The van der Waals surface area contributed by atoms with E-state index in [0.717, 1.165) is 5.56 Å². The van der Waals surface area contributed by atoms with E-state index < -0.39 is 29.0 Å². The predicted octanol–water partition coefficient (Wildman–Crippen LogP) is 5.64. The molecule has 0 spiro atoms. The number of halogens is 2. The molecule has 0 saturated heterocycles. The van der Waals surface area contributed by atoms with Gasteiger partial charge in [0.05, 0.1) is 17.8 Å². The van der Waals surface area contributed by atoms with Gasteiger partial charge in [0, 0.05) is 35.2 Å². The molecule has 4 N–H and O–H groups in total. The summed E-state index contributed by atoms with van der Waals surface area (Å²) in [6.07, 6.45) is -0.358. The van der Waals surface area contributed by atoms with Gasteiger partial charge in [0.2, 0.25) is 5.91 Å². The number of anilines is 1. The quantitative estimate of drug-likeness (QED) is 0.386. The molecule has 3 aromatic rings. The number of primary amides is 1. The molecule has 0 fully saturated rings. The highest BCUT2D eigenvalue weighted by molar-refractivity contribution is 6.34. The number of benzene rings is 3. The van der Waals surface area contributed by atoms with Crippen LogP contribution in [-0.2, 0) is 16.8 Å². The molecule has 0 unspecified atom stereocenters. The van der Waals surface area contributed by atoms with Crippen molar-refractivity contribution in [2.45, 2.75) is 38.4 Å². The van der Waals surface area contributed by atoms with Gasteiger partial charge >= 0.3 is 6.09 Å². The van der Waals surface area contributed by atoms with E-state index in [-0.39, 0.29) is 34.8 Å². The molecule has 1 heterocycles. The van der Waals surface area contributed by atoms with E-state index in [1.165, 1.54) is 12.1 Å². The van der Waals surface area contributed by atoms with Gasteiger partial charge in [0.15, 0.2) is 11.4 Å². The van der Waals surface area contributed by atoms with Crippen molar-refractivity contribution >= 4 is 29.3 Å². The van der Waals surface area contributed by atoms with Crippen molar-refractivity contribution < 1.29 is 23.5 Å². The highest BCUT2D eigenvalue weighted by Crippen LogP contribution is 2.49. The minimum atomic E-state index is -1.04. The molecule has 194 valence electrons. The lowest BCUT2D eigenvalue weighted by atomic mass is 9.85. The number of carbonyl (C=O) groups excluding carboxylic acids is 2. The van der Waals surface area contributed by atoms with Gasteiger partial charge in [-0.2, -0.15) is 0 Å². The van der Waals surface area contributed by atoms with E-state index in [2.05, 4.69) is 10.6 Å². The van der Waals surface area contributed by atoms with Crippen LogP contribution in [-0.4, -0.2) is 31.2 Å². The SMILES string of the molecule is CNc1ccc(C(N)=O)c(-c2c(Cl)ccc3c2C[C@@](CNC(=O)OC(C)(C)C)(c2ccccc2)O3)c1F. The smallest absolute Gasteiger partial charge is 0.407 e. The van der Waals surface area contributed by atoms with E-state index in [1.807, 2.05) is 30.3 Å². The molecular formula is C28H29ClFN3O4. The minimum absolute atomic E-state index is 0.00380. The highest BCUT2D eigenvalue weighted by atomic mass is 35.5. The van der Waals surface area contributed by atoms with Crippen molar-refractivity contribution in [2.75, 3.05) is 18.9 Å². The largest absolute Gasteiger partial charge is 0.480 e. The van der Waals surface area contributed by atoms with Gasteiger partial charge in [-0.25, -0.2) is 9.18 Å². The summed E-state index contributed by atoms with van der Waals surface area (Å²) in [6.45, 7) is 5.40. The molecule has 1 aliphatic rings. The minimum Gasteiger partial charge on any atom is -0.480 e. The van der Waals surface area contributed by atoms with Gasteiger partial charge in [-0.05, 0) is 50.6 Å². The number of hydrogen-bond acceptors (Lipinski definition) is 5. The zero-order valence-corrected chi connectivity index (χ0v) is 21.8. The molecule has 0 bridgehead atoms. The average molecular weight is 526 g/mol. The molecule has 3 aromatic carbocycles. The van der Waals surface area contributed by atoms with Crippen LogP contribution in [0, 0.1) is 5.82 Å². The molecule has 4 rings (SSSR count). The molecule has 9 heteroatoms. The third-order valence-corrected chi connectivity index (χ3v) is 6.45. The zero-order valence-electron chi connectivity index (χ0n) is 21.1. The van der Waals surface area contributed by atoms with Crippen LogP contribution < -0.4 is 21.1 Å². The van der Waals surface area contributed by atoms with Crippen molar-refractivity contribution in [3.63, 3.8) is 0 Å². The van der Waals surface area contributed by atoms with Gasteiger partial charge in [-0.1, -0.05) is 41.9 Å². The first-order valence-electron chi connectivity index (χ1n) is 11.8. The molecule has 37 heavy (non-hydrogen) atoms. The second-order valence-corrected chi connectivity index (χ2v) is 10.3. The second kappa shape index (κ2) is 9.94. The molecule has 2 amide bonds. The Hall–Kier alpha value is -3.78. The molecule has 0 aliphatic carbocycles. The average Bonchev–Trinajstić information content (AvgIpc) is 3.22. The van der Waals surface area contributed by atoms with E-state index in [0.29, 0.717) is 16.9 Å².